The predicted molar refractivity (Wildman–Crippen MR) is 105 cm³/mol. The molecule has 0 spiro atoms. The van der Waals surface area contributed by atoms with Gasteiger partial charge in [0.05, 0.1) is 23.8 Å². The van der Waals surface area contributed by atoms with Crippen LogP contribution in [0.15, 0.2) is 51.8 Å². The number of carbonyl (C=O) groups is 1. The lowest BCUT2D eigenvalue weighted by Crippen LogP contribution is -2.35. The molecule has 0 saturated carbocycles. The first-order valence-corrected chi connectivity index (χ1v) is 9.02. The topological polar surface area (TPSA) is 75.9 Å². The number of nitrogens with zero attached hydrogens (tertiary/aromatic N) is 3. The van der Waals surface area contributed by atoms with Crippen molar-refractivity contribution in [3.05, 3.63) is 69.8 Å². The summed E-state index contributed by atoms with van der Waals surface area (Å²) < 4.78 is 11.1. The normalized spacial score (nSPS) is 16.1. The molecule has 0 bridgehead atoms. The minimum atomic E-state index is -0.564. The summed E-state index contributed by atoms with van der Waals surface area (Å²) in [5, 5.41) is 0.419. The zero-order valence-corrected chi connectivity index (χ0v) is 16.0. The van der Waals surface area contributed by atoms with Crippen LogP contribution in [0.1, 0.15) is 27.9 Å². The van der Waals surface area contributed by atoms with Crippen LogP contribution in [0.4, 0.5) is 0 Å². The van der Waals surface area contributed by atoms with E-state index in [1.54, 1.807) is 35.4 Å². The Hall–Kier alpha value is -3.19. The van der Waals surface area contributed by atoms with E-state index in [1.165, 1.54) is 7.11 Å². The lowest BCUT2D eigenvalue weighted by atomic mass is 10.0. The van der Waals surface area contributed by atoms with Crippen LogP contribution in [0.2, 0.25) is 0 Å². The lowest BCUT2D eigenvalue weighted by molar-refractivity contribution is 0.0714. The lowest BCUT2D eigenvalue weighted by Gasteiger charge is -2.25. The first-order valence-electron chi connectivity index (χ1n) is 9.02. The first kappa shape index (κ1) is 18.2. The fraction of sp³-hybridized carbons (Fsp3) is 0.286. The fourth-order valence-corrected chi connectivity index (χ4v) is 3.51. The van der Waals surface area contributed by atoms with E-state index in [1.807, 2.05) is 31.1 Å². The highest BCUT2D eigenvalue weighted by Gasteiger charge is 2.43. The van der Waals surface area contributed by atoms with Gasteiger partial charge in [-0.3, -0.25) is 14.6 Å². The Morgan fingerprint density at radius 3 is 2.71 bits per heavy atom. The van der Waals surface area contributed by atoms with Crippen molar-refractivity contribution in [2.75, 3.05) is 34.3 Å². The number of pyridine rings is 1. The van der Waals surface area contributed by atoms with Gasteiger partial charge in [0.2, 0.25) is 5.76 Å². The molecule has 1 unspecified atom stereocenters. The van der Waals surface area contributed by atoms with Gasteiger partial charge in [0.15, 0.2) is 5.43 Å². The largest absolute Gasteiger partial charge is 0.497 e. The molecular formula is C21H21N3O4. The number of carbonyl (C=O) groups excluding carboxylic acids is 1. The molecule has 2 aromatic heterocycles. The van der Waals surface area contributed by atoms with Gasteiger partial charge in [-0.2, -0.15) is 0 Å². The van der Waals surface area contributed by atoms with Gasteiger partial charge in [0.25, 0.3) is 5.91 Å². The minimum absolute atomic E-state index is 0.0835. The van der Waals surface area contributed by atoms with E-state index in [2.05, 4.69) is 4.98 Å². The number of fused-ring (bicyclic) bond motifs is 2. The van der Waals surface area contributed by atoms with Crippen LogP contribution < -0.4 is 10.2 Å². The quantitative estimate of drug-likeness (QED) is 0.677. The van der Waals surface area contributed by atoms with Crippen molar-refractivity contribution < 1.29 is 13.9 Å². The number of likely N-dealkylation sites (N-methyl/N-ethyl adjacent to an activating group) is 1. The second-order valence-electron chi connectivity index (χ2n) is 7.00. The van der Waals surface area contributed by atoms with E-state index in [0.717, 1.165) is 0 Å². The van der Waals surface area contributed by atoms with Crippen molar-refractivity contribution in [2.45, 2.75) is 6.04 Å². The van der Waals surface area contributed by atoms with Crippen LogP contribution in [0, 0.1) is 0 Å². The summed E-state index contributed by atoms with van der Waals surface area (Å²) in [6.07, 6.45) is 1.66. The Morgan fingerprint density at radius 1 is 1.21 bits per heavy atom. The second kappa shape index (κ2) is 7.09. The minimum Gasteiger partial charge on any atom is -0.497 e. The molecule has 4 rings (SSSR count). The Balaban J connectivity index is 1.93. The monoisotopic (exact) mass is 379 g/mol. The summed E-state index contributed by atoms with van der Waals surface area (Å²) in [5.74, 6) is 0.348. The highest BCUT2D eigenvalue weighted by molar-refractivity contribution is 5.99. The summed E-state index contributed by atoms with van der Waals surface area (Å²) >= 11 is 0. The van der Waals surface area contributed by atoms with E-state index >= 15 is 0 Å². The molecule has 7 nitrogen and oxygen atoms in total. The van der Waals surface area contributed by atoms with Crippen molar-refractivity contribution in [3.8, 4) is 5.75 Å². The van der Waals surface area contributed by atoms with Crippen LogP contribution in [0.3, 0.4) is 0 Å². The SMILES string of the molecule is COc1ccc2c(=O)c3c(oc2c1)C(=O)N(CCN(C)C)C3c1ccccn1. The Morgan fingerprint density at radius 2 is 2.04 bits per heavy atom. The smallest absolute Gasteiger partial charge is 0.291 e. The summed E-state index contributed by atoms with van der Waals surface area (Å²) in [6.45, 7) is 1.11. The molecule has 1 aromatic carbocycles. The Kier molecular flexibility index (Phi) is 4.60. The summed E-state index contributed by atoms with van der Waals surface area (Å²) in [6, 6.07) is 9.93. The van der Waals surface area contributed by atoms with E-state index in [4.69, 9.17) is 9.15 Å². The first-order chi connectivity index (χ1) is 13.5. The molecule has 144 valence electrons. The standard InChI is InChI=1S/C21H21N3O4/c1-23(2)10-11-24-18(15-6-4-5-9-22-15)17-19(25)14-8-7-13(27-3)12-16(14)28-20(17)21(24)26/h4-9,12,18H,10-11H2,1-3H3. The average Bonchev–Trinajstić information content (AvgIpc) is 2.99. The van der Waals surface area contributed by atoms with E-state index in [0.29, 0.717) is 41.1 Å². The Bertz CT molecular complexity index is 1090. The van der Waals surface area contributed by atoms with Gasteiger partial charge in [-0.1, -0.05) is 6.07 Å². The van der Waals surface area contributed by atoms with Crippen molar-refractivity contribution in [2.24, 2.45) is 0 Å². The van der Waals surface area contributed by atoms with Crippen LogP contribution in [0.25, 0.3) is 11.0 Å². The number of aromatic nitrogens is 1. The van der Waals surface area contributed by atoms with Gasteiger partial charge in [-0.05, 0) is 38.4 Å². The molecule has 3 aromatic rings. The molecule has 1 amide bonds. The molecule has 1 aliphatic heterocycles. The molecule has 7 heteroatoms. The number of hydrogen-bond donors (Lipinski definition) is 0. The number of ether oxygens (including phenoxy) is 1. The van der Waals surface area contributed by atoms with Crippen molar-refractivity contribution in [1.82, 2.24) is 14.8 Å². The van der Waals surface area contributed by atoms with E-state index in [9.17, 15) is 9.59 Å². The second-order valence-corrected chi connectivity index (χ2v) is 7.00. The molecule has 0 N–H and O–H groups in total. The summed E-state index contributed by atoms with van der Waals surface area (Å²) in [4.78, 5) is 34.5. The Labute approximate surface area is 162 Å². The number of amides is 1. The van der Waals surface area contributed by atoms with Gasteiger partial charge in [0, 0.05) is 25.4 Å². The molecule has 0 radical (unpaired) electrons. The van der Waals surface area contributed by atoms with Gasteiger partial charge in [-0.25, -0.2) is 0 Å². The third-order valence-corrected chi connectivity index (χ3v) is 4.93. The van der Waals surface area contributed by atoms with E-state index < -0.39 is 6.04 Å². The fourth-order valence-electron chi connectivity index (χ4n) is 3.51. The number of benzene rings is 1. The third kappa shape index (κ3) is 2.93. The van der Waals surface area contributed by atoms with Crippen LogP contribution in [-0.2, 0) is 0 Å². The zero-order valence-electron chi connectivity index (χ0n) is 16.0. The third-order valence-electron chi connectivity index (χ3n) is 4.93. The number of hydrogen-bond acceptors (Lipinski definition) is 6. The van der Waals surface area contributed by atoms with Crippen LogP contribution in [-0.4, -0.2) is 55.0 Å². The van der Waals surface area contributed by atoms with Crippen molar-refractivity contribution >= 4 is 16.9 Å². The molecule has 3 heterocycles. The van der Waals surface area contributed by atoms with E-state index in [-0.39, 0.29) is 17.1 Å². The molecular weight excluding hydrogens is 358 g/mol. The number of rotatable bonds is 5. The maximum Gasteiger partial charge on any atom is 0.291 e. The maximum absolute atomic E-state index is 13.3. The highest BCUT2D eigenvalue weighted by atomic mass is 16.5. The molecule has 0 aliphatic carbocycles. The van der Waals surface area contributed by atoms with Gasteiger partial charge in [-0.15, -0.1) is 0 Å². The zero-order chi connectivity index (χ0) is 19.8. The molecule has 1 atom stereocenters. The predicted octanol–water partition coefficient (Wildman–Crippen LogP) is 2.30. The van der Waals surface area contributed by atoms with Crippen LogP contribution >= 0.6 is 0 Å². The molecule has 1 aliphatic rings. The average molecular weight is 379 g/mol. The molecule has 0 saturated heterocycles. The van der Waals surface area contributed by atoms with Crippen molar-refractivity contribution in [1.29, 1.82) is 0 Å². The van der Waals surface area contributed by atoms with Crippen LogP contribution in [0.5, 0.6) is 5.75 Å². The summed E-state index contributed by atoms with van der Waals surface area (Å²) in [5.41, 5.74) is 1.12. The maximum atomic E-state index is 13.3. The molecule has 28 heavy (non-hydrogen) atoms. The van der Waals surface area contributed by atoms with Gasteiger partial charge >= 0.3 is 0 Å². The summed E-state index contributed by atoms with van der Waals surface area (Å²) in [7, 11) is 5.42. The number of methoxy groups -OCH3 is 1. The van der Waals surface area contributed by atoms with Crippen molar-refractivity contribution in [3.63, 3.8) is 0 Å². The highest BCUT2D eigenvalue weighted by Crippen LogP contribution is 2.37. The van der Waals surface area contributed by atoms with Gasteiger partial charge < -0.3 is 19.0 Å². The van der Waals surface area contributed by atoms with Gasteiger partial charge in [0.1, 0.15) is 17.4 Å². The molecule has 0 fully saturated rings.